The minimum atomic E-state index is -1.10. The van der Waals surface area contributed by atoms with Gasteiger partial charge in [0.05, 0.1) is 6.10 Å². The van der Waals surface area contributed by atoms with Crippen molar-refractivity contribution in [1.29, 1.82) is 0 Å². The number of amides is 2. The van der Waals surface area contributed by atoms with Crippen LogP contribution in [0.5, 0.6) is 0 Å². The summed E-state index contributed by atoms with van der Waals surface area (Å²) >= 11 is 0. The number of aliphatic carboxylic acids is 1. The maximum atomic E-state index is 12.6. The molecule has 2 rings (SSSR count). The molecule has 1 saturated heterocycles. The second-order valence-electron chi connectivity index (χ2n) is 8.17. The van der Waals surface area contributed by atoms with Crippen molar-refractivity contribution in [3.63, 3.8) is 0 Å². The summed E-state index contributed by atoms with van der Waals surface area (Å²) in [5, 5.41) is 24.7. The van der Waals surface area contributed by atoms with E-state index >= 15 is 0 Å². The Kier molecular flexibility index (Phi) is 10.7. The molecule has 1 aliphatic carbocycles. The van der Waals surface area contributed by atoms with Gasteiger partial charge in [-0.05, 0) is 64.2 Å². The van der Waals surface area contributed by atoms with Crippen molar-refractivity contribution in [3.05, 3.63) is 0 Å². The van der Waals surface area contributed by atoms with Crippen LogP contribution in [0, 0.1) is 5.92 Å². The highest BCUT2D eigenvalue weighted by atomic mass is 33.1. The van der Waals surface area contributed by atoms with Gasteiger partial charge in [-0.15, -0.1) is 0 Å². The van der Waals surface area contributed by atoms with Crippen LogP contribution in [0.1, 0.15) is 71.1 Å². The summed E-state index contributed by atoms with van der Waals surface area (Å²) in [5.74, 6) is -0.255. The first kappa shape index (κ1) is 24.3. The van der Waals surface area contributed by atoms with Crippen molar-refractivity contribution in [2.45, 2.75) is 94.6 Å². The Morgan fingerprint density at radius 3 is 2.41 bits per heavy atom. The molecule has 0 aromatic heterocycles. The van der Waals surface area contributed by atoms with E-state index in [9.17, 15) is 19.5 Å². The van der Waals surface area contributed by atoms with Crippen molar-refractivity contribution in [2.24, 2.45) is 5.92 Å². The van der Waals surface area contributed by atoms with Crippen LogP contribution in [-0.2, 0) is 14.4 Å². The summed E-state index contributed by atoms with van der Waals surface area (Å²) in [4.78, 5) is 36.1. The molecule has 4 N–H and O–H groups in total. The number of rotatable bonds is 11. The average molecular weight is 447 g/mol. The number of carbonyl (C=O) groups is 3. The molecule has 166 valence electrons. The number of nitrogens with one attached hydrogen (secondary N) is 2. The second-order valence-corrected chi connectivity index (χ2v) is 11.0. The van der Waals surface area contributed by atoms with Gasteiger partial charge in [0.15, 0.2) is 0 Å². The van der Waals surface area contributed by atoms with E-state index in [1.807, 2.05) is 21.6 Å². The number of carboxylic acids is 1. The van der Waals surface area contributed by atoms with E-state index < -0.39 is 24.0 Å². The lowest BCUT2D eigenvalue weighted by molar-refractivity contribution is -0.141. The Balaban J connectivity index is 1.81. The van der Waals surface area contributed by atoms with Crippen LogP contribution in [-0.4, -0.2) is 57.2 Å². The zero-order valence-electron chi connectivity index (χ0n) is 17.1. The minimum Gasteiger partial charge on any atom is -0.480 e. The summed E-state index contributed by atoms with van der Waals surface area (Å²) in [5.41, 5.74) is 0. The van der Waals surface area contributed by atoms with E-state index in [0.717, 1.165) is 32.1 Å². The van der Waals surface area contributed by atoms with E-state index in [1.165, 1.54) is 19.1 Å². The van der Waals surface area contributed by atoms with Crippen LogP contribution in [0.2, 0.25) is 0 Å². The molecule has 1 aliphatic heterocycles. The molecule has 2 fully saturated rings. The van der Waals surface area contributed by atoms with Gasteiger partial charge < -0.3 is 20.8 Å². The molecule has 3 unspecified atom stereocenters. The maximum absolute atomic E-state index is 12.6. The molecule has 0 bridgehead atoms. The summed E-state index contributed by atoms with van der Waals surface area (Å²) in [6.45, 7) is 1.41. The fraction of sp³-hybridized carbons (Fsp3) is 0.850. The largest absolute Gasteiger partial charge is 0.480 e. The highest BCUT2D eigenvalue weighted by molar-refractivity contribution is 8.77. The van der Waals surface area contributed by atoms with Crippen molar-refractivity contribution in [1.82, 2.24) is 10.6 Å². The van der Waals surface area contributed by atoms with Gasteiger partial charge in [0.2, 0.25) is 11.8 Å². The molecular weight excluding hydrogens is 412 g/mol. The molecule has 2 aliphatic rings. The quantitative estimate of drug-likeness (QED) is 0.285. The third-order valence-electron chi connectivity index (χ3n) is 5.67. The Labute approximate surface area is 180 Å². The van der Waals surface area contributed by atoms with E-state index in [1.54, 1.807) is 0 Å². The second kappa shape index (κ2) is 12.7. The Morgan fingerprint density at radius 2 is 1.79 bits per heavy atom. The van der Waals surface area contributed by atoms with Crippen molar-refractivity contribution < 1.29 is 24.6 Å². The lowest BCUT2D eigenvalue weighted by Crippen LogP contribution is -2.51. The number of carbonyl (C=O) groups excluding carboxylic acids is 2. The Morgan fingerprint density at radius 1 is 1.07 bits per heavy atom. The fourth-order valence-electron chi connectivity index (χ4n) is 3.81. The van der Waals surface area contributed by atoms with Crippen LogP contribution in [0.4, 0.5) is 0 Å². The summed E-state index contributed by atoms with van der Waals surface area (Å²) in [7, 11) is 3.86. The van der Waals surface area contributed by atoms with E-state index in [0.29, 0.717) is 30.9 Å². The zero-order chi connectivity index (χ0) is 21.2. The monoisotopic (exact) mass is 446 g/mol. The van der Waals surface area contributed by atoms with E-state index in [2.05, 4.69) is 10.6 Å². The SMILES string of the molecule is CC(NC(=O)C(CC1CCC(O)CC1)NC(=O)CCCCC1CCSS1)C(=O)O. The molecule has 0 aromatic carbocycles. The first-order valence-corrected chi connectivity index (χ1v) is 13.0. The lowest BCUT2D eigenvalue weighted by Gasteiger charge is -2.29. The molecule has 0 radical (unpaired) electrons. The highest BCUT2D eigenvalue weighted by Crippen LogP contribution is 2.39. The molecule has 1 saturated carbocycles. The van der Waals surface area contributed by atoms with Gasteiger partial charge in [0.1, 0.15) is 12.1 Å². The Bertz CT molecular complexity index is 549. The van der Waals surface area contributed by atoms with Gasteiger partial charge >= 0.3 is 5.97 Å². The van der Waals surface area contributed by atoms with E-state index in [-0.39, 0.29) is 17.9 Å². The van der Waals surface area contributed by atoms with Crippen LogP contribution in [0.15, 0.2) is 0 Å². The normalized spacial score (nSPS) is 26.5. The smallest absolute Gasteiger partial charge is 0.325 e. The number of unbranched alkanes of at least 4 members (excludes halogenated alkanes) is 1. The van der Waals surface area contributed by atoms with Crippen molar-refractivity contribution in [2.75, 3.05) is 5.75 Å². The summed E-state index contributed by atoms with van der Waals surface area (Å²) in [6, 6.07) is -1.73. The van der Waals surface area contributed by atoms with Crippen molar-refractivity contribution in [3.8, 4) is 0 Å². The molecule has 3 atom stereocenters. The number of hydrogen-bond donors (Lipinski definition) is 4. The van der Waals surface area contributed by atoms with Gasteiger partial charge in [-0.25, -0.2) is 0 Å². The van der Waals surface area contributed by atoms with Crippen LogP contribution in [0.25, 0.3) is 0 Å². The number of aliphatic hydroxyl groups is 1. The van der Waals surface area contributed by atoms with Gasteiger partial charge in [-0.1, -0.05) is 28.0 Å². The molecule has 1 heterocycles. The van der Waals surface area contributed by atoms with Gasteiger partial charge in [-0.2, -0.15) is 0 Å². The highest BCUT2D eigenvalue weighted by Gasteiger charge is 2.29. The molecule has 0 spiro atoms. The lowest BCUT2D eigenvalue weighted by atomic mass is 9.83. The molecule has 7 nitrogen and oxygen atoms in total. The Hall–Kier alpha value is -0.930. The summed E-state index contributed by atoms with van der Waals surface area (Å²) in [6.07, 6.45) is 7.76. The predicted molar refractivity (Wildman–Crippen MR) is 117 cm³/mol. The van der Waals surface area contributed by atoms with Gasteiger partial charge in [-0.3, -0.25) is 14.4 Å². The van der Waals surface area contributed by atoms with Gasteiger partial charge in [0, 0.05) is 17.4 Å². The number of aliphatic hydroxyl groups excluding tert-OH is 1. The fourth-order valence-corrected chi connectivity index (χ4v) is 6.84. The topological polar surface area (TPSA) is 116 Å². The zero-order valence-corrected chi connectivity index (χ0v) is 18.7. The maximum Gasteiger partial charge on any atom is 0.325 e. The number of hydrogen-bond acceptors (Lipinski definition) is 6. The minimum absolute atomic E-state index is 0.155. The van der Waals surface area contributed by atoms with Gasteiger partial charge in [0.25, 0.3) is 0 Å². The van der Waals surface area contributed by atoms with Crippen LogP contribution in [0.3, 0.4) is 0 Å². The average Bonchev–Trinajstić information content (AvgIpc) is 3.19. The number of carboxylic acid groups (broad SMARTS) is 1. The molecule has 2 amide bonds. The molecule has 9 heteroatoms. The van der Waals surface area contributed by atoms with E-state index in [4.69, 9.17) is 5.11 Å². The third-order valence-corrected chi connectivity index (χ3v) is 8.68. The van der Waals surface area contributed by atoms with Crippen molar-refractivity contribution >= 4 is 39.4 Å². The van der Waals surface area contributed by atoms with Crippen LogP contribution < -0.4 is 10.6 Å². The molecule has 0 aromatic rings. The molecule has 29 heavy (non-hydrogen) atoms. The third kappa shape index (κ3) is 9.17. The first-order valence-electron chi connectivity index (χ1n) is 10.6. The molecular formula is C20H34N2O5S2. The predicted octanol–water partition coefficient (Wildman–Crippen LogP) is 2.72. The van der Waals surface area contributed by atoms with Crippen LogP contribution >= 0.6 is 21.6 Å². The first-order chi connectivity index (χ1) is 13.8. The summed E-state index contributed by atoms with van der Waals surface area (Å²) < 4.78 is 0. The standard InChI is InChI=1S/C20H34N2O5S2/c1-13(20(26)27)21-19(25)17(12-14-6-8-15(23)9-7-14)22-18(24)5-3-2-4-16-10-11-28-29-16/h13-17,23H,2-12H2,1H3,(H,21,25)(H,22,24)(H,26,27).